The van der Waals surface area contributed by atoms with E-state index in [1.165, 1.54) is 28.7 Å². The van der Waals surface area contributed by atoms with Crippen molar-refractivity contribution in [3.05, 3.63) is 59.9 Å². The Balaban J connectivity index is 1.50. The molecule has 2 heterocycles. The van der Waals surface area contributed by atoms with E-state index in [4.69, 9.17) is 4.74 Å². The number of piperazine rings is 1. The third-order valence-corrected chi connectivity index (χ3v) is 6.47. The van der Waals surface area contributed by atoms with Gasteiger partial charge in [-0.05, 0) is 48.5 Å². The fourth-order valence-corrected chi connectivity index (χ4v) is 4.53. The maximum absolute atomic E-state index is 11.5. The summed E-state index contributed by atoms with van der Waals surface area (Å²) in [6.45, 7) is 7.55. The van der Waals surface area contributed by atoms with E-state index in [0.29, 0.717) is 6.61 Å². The van der Waals surface area contributed by atoms with Gasteiger partial charge in [-0.1, -0.05) is 12.1 Å². The number of quaternary nitrogens is 1. The van der Waals surface area contributed by atoms with E-state index in [9.17, 15) is 4.79 Å². The van der Waals surface area contributed by atoms with Crippen LogP contribution in [0, 0.1) is 0 Å². The van der Waals surface area contributed by atoms with Crippen molar-refractivity contribution in [3.63, 3.8) is 0 Å². The fraction of sp³-hybridized carbons (Fsp3) is 0.417. The van der Waals surface area contributed by atoms with Crippen LogP contribution in [-0.4, -0.2) is 61.9 Å². The molecule has 1 aromatic heterocycles. The van der Waals surface area contributed by atoms with Crippen molar-refractivity contribution in [2.75, 3.05) is 57.0 Å². The Kier molecular flexibility index (Phi) is 7.94. The van der Waals surface area contributed by atoms with Crippen LogP contribution in [0.25, 0.3) is 12.2 Å². The van der Waals surface area contributed by atoms with Crippen LogP contribution in [0.1, 0.15) is 18.2 Å². The van der Waals surface area contributed by atoms with Crippen LogP contribution < -0.4 is 9.47 Å². The predicted octanol–water partition coefficient (Wildman–Crippen LogP) is 3.84. The number of carbonyl (C=O) groups is 1. The number of pyridine rings is 1. The third-order valence-electron chi connectivity index (χ3n) is 5.73. The zero-order valence-corrected chi connectivity index (χ0v) is 19.1. The van der Waals surface area contributed by atoms with Gasteiger partial charge < -0.3 is 14.1 Å². The molecule has 0 amide bonds. The van der Waals surface area contributed by atoms with E-state index in [-0.39, 0.29) is 5.30 Å². The molecule has 6 heteroatoms. The number of nitrogens with zero attached hydrogens (tertiary/aromatic N) is 3. The van der Waals surface area contributed by atoms with Crippen molar-refractivity contribution in [3.8, 4) is 0 Å². The highest BCUT2D eigenvalue weighted by Crippen LogP contribution is 2.21. The number of carbonyl (C=O) groups excluding carboxylic acids is 1. The molecule has 0 saturated carbocycles. The summed E-state index contributed by atoms with van der Waals surface area (Å²) in [7, 11) is 4.35. The number of rotatable bonds is 7. The van der Waals surface area contributed by atoms with Gasteiger partial charge in [0.15, 0.2) is 6.20 Å². The lowest BCUT2D eigenvalue weighted by Crippen LogP contribution is -2.58. The second kappa shape index (κ2) is 10.6. The van der Waals surface area contributed by atoms with E-state index in [2.05, 4.69) is 78.3 Å². The maximum atomic E-state index is 11.5. The van der Waals surface area contributed by atoms with Gasteiger partial charge in [0.1, 0.15) is 7.05 Å². The first-order valence-electron chi connectivity index (χ1n) is 10.6. The minimum absolute atomic E-state index is 0.155. The Morgan fingerprint density at radius 3 is 2.57 bits per heavy atom. The molecule has 1 aliphatic heterocycles. The molecule has 30 heavy (non-hydrogen) atoms. The summed E-state index contributed by atoms with van der Waals surface area (Å²) in [5.74, 6) is 0.815. The average Bonchev–Trinajstić information content (AvgIpc) is 2.74. The first kappa shape index (κ1) is 22.4. The molecule has 0 aliphatic carbocycles. The summed E-state index contributed by atoms with van der Waals surface area (Å²) in [5, 5.41) is -0.155. The van der Waals surface area contributed by atoms with Crippen molar-refractivity contribution in [2.24, 2.45) is 7.05 Å². The van der Waals surface area contributed by atoms with Crippen molar-refractivity contribution in [2.45, 2.75) is 6.92 Å². The van der Waals surface area contributed by atoms with Gasteiger partial charge in [0.05, 0.1) is 52.1 Å². The number of benzene rings is 1. The predicted molar refractivity (Wildman–Crippen MR) is 125 cm³/mol. The van der Waals surface area contributed by atoms with Gasteiger partial charge in [0, 0.05) is 23.9 Å². The van der Waals surface area contributed by atoms with E-state index < -0.39 is 0 Å². The van der Waals surface area contributed by atoms with Crippen LogP contribution in [0.5, 0.6) is 0 Å². The molecule has 160 valence electrons. The molecule has 2 aromatic rings. The number of thioether (sulfide) groups is 1. The van der Waals surface area contributed by atoms with Crippen molar-refractivity contribution < 1.29 is 18.6 Å². The quantitative estimate of drug-likeness (QED) is 0.382. The largest absolute Gasteiger partial charge is 0.458 e. The first-order chi connectivity index (χ1) is 14.5. The zero-order valence-electron chi connectivity index (χ0n) is 18.3. The Bertz CT molecular complexity index is 859. The van der Waals surface area contributed by atoms with E-state index in [0.717, 1.165) is 43.0 Å². The molecule has 0 N–H and O–H groups in total. The third kappa shape index (κ3) is 6.34. The van der Waals surface area contributed by atoms with Crippen molar-refractivity contribution >= 4 is 34.9 Å². The monoisotopic (exact) mass is 427 g/mol. The van der Waals surface area contributed by atoms with Crippen molar-refractivity contribution in [1.29, 1.82) is 0 Å². The summed E-state index contributed by atoms with van der Waals surface area (Å²) in [6.07, 6.45) is 6.36. The summed E-state index contributed by atoms with van der Waals surface area (Å²) in [5.41, 5.74) is 3.66. The van der Waals surface area contributed by atoms with E-state index in [1.807, 2.05) is 13.0 Å². The molecule has 0 atom stereocenters. The molecule has 1 aromatic carbocycles. The molecule has 1 saturated heterocycles. The van der Waals surface area contributed by atoms with Gasteiger partial charge >= 0.3 is 5.30 Å². The zero-order chi connectivity index (χ0) is 21.4. The first-order valence-corrected chi connectivity index (χ1v) is 11.6. The molecule has 0 spiro atoms. The lowest BCUT2D eigenvalue weighted by atomic mass is 10.1. The SMILES string of the molecule is CCOC(=O)SCC[N+]1(C)CCN(c2ccc(/C=C/c3cccc[n+]3C)cc2)CC1. The molecule has 3 rings (SSSR count). The minimum Gasteiger partial charge on any atom is -0.458 e. The Labute approximate surface area is 184 Å². The molecule has 1 aliphatic rings. The molecule has 1 fully saturated rings. The number of hydrogen-bond acceptors (Lipinski definition) is 4. The topological polar surface area (TPSA) is 33.4 Å². The minimum atomic E-state index is -0.155. The summed E-state index contributed by atoms with van der Waals surface area (Å²) in [4.78, 5) is 14.0. The van der Waals surface area contributed by atoms with Gasteiger partial charge in [-0.25, -0.2) is 9.36 Å². The molecular formula is C24H33N3O2S+2. The van der Waals surface area contributed by atoms with Crippen LogP contribution in [0.4, 0.5) is 10.5 Å². The highest BCUT2D eigenvalue weighted by atomic mass is 32.2. The number of aryl methyl sites for hydroxylation is 1. The number of ether oxygens (including phenoxy) is 1. The molecular weight excluding hydrogens is 394 g/mol. The Morgan fingerprint density at radius 2 is 1.90 bits per heavy atom. The standard InChI is InChI=1S/C24H33N3O2S/c1-4-29-24(28)30-20-19-27(3)17-15-26(16-18-27)23-12-9-21(10-13-23)8-11-22-7-5-6-14-25(22)2/h5-14H,4,15-20H2,1-3H3/q+2. The Hall–Kier alpha value is -2.31. The summed E-state index contributed by atoms with van der Waals surface area (Å²) >= 11 is 1.30. The van der Waals surface area contributed by atoms with E-state index >= 15 is 0 Å². The van der Waals surface area contributed by atoms with Crippen molar-refractivity contribution in [1.82, 2.24) is 0 Å². The fourth-order valence-electron chi connectivity index (χ4n) is 3.63. The normalized spacial score (nSPS) is 16.0. The van der Waals surface area contributed by atoms with Crippen LogP contribution in [0.15, 0.2) is 48.7 Å². The maximum Gasteiger partial charge on any atom is 0.367 e. The molecule has 5 nitrogen and oxygen atoms in total. The van der Waals surface area contributed by atoms with Gasteiger partial charge in [-0.3, -0.25) is 0 Å². The van der Waals surface area contributed by atoms with Gasteiger partial charge in [0.2, 0.25) is 5.69 Å². The molecule has 0 unspecified atom stereocenters. The lowest BCUT2D eigenvalue weighted by Gasteiger charge is -2.42. The van der Waals surface area contributed by atoms with Gasteiger partial charge in [-0.15, -0.1) is 0 Å². The average molecular weight is 428 g/mol. The lowest BCUT2D eigenvalue weighted by molar-refractivity contribution is -0.907. The van der Waals surface area contributed by atoms with E-state index in [1.54, 1.807) is 0 Å². The smallest absolute Gasteiger partial charge is 0.367 e. The number of likely N-dealkylation sites (N-methyl/N-ethyl adjacent to an activating group) is 1. The number of anilines is 1. The molecule has 0 bridgehead atoms. The summed E-state index contributed by atoms with van der Waals surface area (Å²) < 4.78 is 8.12. The van der Waals surface area contributed by atoms with Crippen LogP contribution in [0.2, 0.25) is 0 Å². The highest BCUT2D eigenvalue weighted by Gasteiger charge is 2.28. The summed E-state index contributed by atoms with van der Waals surface area (Å²) in [6, 6.07) is 15.0. The molecule has 0 radical (unpaired) electrons. The van der Waals surface area contributed by atoms with Crippen LogP contribution in [0.3, 0.4) is 0 Å². The van der Waals surface area contributed by atoms with Crippen LogP contribution in [-0.2, 0) is 11.8 Å². The highest BCUT2D eigenvalue weighted by molar-refractivity contribution is 8.13. The van der Waals surface area contributed by atoms with Gasteiger partial charge in [-0.2, -0.15) is 0 Å². The van der Waals surface area contributed by atoms with Gasteiger partial charge in [0.25, 0.3) is 0 Å². The second-order valence-electron chi connectivity index (χ2n) is 7.97. The number of hydrogen-bond donors (Lipinski definition) is 0. The second-order valence-corrected chi connectivity index (χ2v) is 9.00. The van der Waals surface area contributed by atoms with Crippen LogP contribution >= 0.6 is 11.8 Å². The number of aromatic nitrogens is 1. The Morgan fingerprint density at radius 1 is 1.17 bits per heavy atom.